The monoisotopic (exact) mass is 571 g/mol. The van der Waals surface area contributed by atoms with Crippen molar-refractivity contribution < 1.29 is 15.0 Å². The van der Waals surface area contributed by atoms with Crippen molar-refractivity contribution >= 4 is 29.1 Å². The van der Waals surface area contributed by atoms with Gasteiger partial charge in [0.05, 0.1) is 35.7 Å². The van der Waals surface area contributed by atoms with E-state index in [1.807, 2.05) is 30.6 Å². The Labute approximate surface area is 245 Å². The number of phenolic OH excluding ortho intramolecular Hbond substituents is 1. The summed E-state index contributed by atoms with van der Waals surface area (Å²) in [4.78, 5) is 30.2. The van der Waals surface area contributed by atoms with Gasteiger partial charge in [0.1, 0.15) is 17.4 Å². The molecule has 1 atom stereocenters. The summed E-state index contributed by atoms with van der Waals surface area (Å²) in [5, 5.41) is 31.9. The topological polar surface area (TPSA) is 134 Å². The molecule has 0 bridgehead atoms. The molecule has 1 aromatic carbocycles. The quantitative estimate of drug-likeness (QED) is 0.415. The number of nitrogens with zero attached hydrogens (tertiary/aromatic N) is 8. The van der Waals surface area contributed by atoms with Gasteiger partial charge in [-0.25, -0.2) is 9.97 Å². The molecule has 0 unspecified atom stereocenters. The predicted octanol–water partition coefficient (Wildman–Crippen LogP) is 2.53. The van der Waals surface area contributed by atoms with Gasteiger partial charge >= 0.3 is 5.97 Å². The summed E-state index contributed by atoms with van der Waals surface area (Å²) in [5.74, 6) is 1.82. The highest BCUT2D eigenvalue weighted by molar-refractivity contribution is 5.76. The molecule has 4 aliphatic rings. The van der Waals surface area contributed by atoms with Gasteiger partial charge in [0.25, 0.3) is 0 Å². The van der Waals surface area contributed by atoms with E-state index >= 15 is 0 Å². The van der Waals surface area contributed by atoms with Crippen LogP contribution >= 0.6 is 0 Å². The summed E-state index contributed by atoms with van der Waals surface area (Å²) in [6.07, 6.45) is 7.19. The van der Waals surface area contributed by atoms with Crippen LogP contribution in [0.15, 0.2) is 42.7 Å². The number of fused-ring (bicyclic) bond motifs is 3. The van der Waals surface area contributed by atoms with Crippen LogP contribution in [-0.2, 0) is 4.79 Å². The Balaban J connectivity index is 0.943. The number of benzene rings is 1. The molecule has 3 saturated heterocycles. The number of piperazine rings is 1. The minimum atomic E-state index is -0.698. The van der Waals surface area contributed by atoms with E-state index in [9.17, 15) is 15.0 Å². The number of aliphatic carboxylic acids is 1. The minimum absolute atomic E-state index is 0.211. The maximum absolute atomic E-state index is 11.2. The van der Waals surface area contributed by atoms with Crippen LogP contribution in [0.4, 0.5) is 23.1 Å². The summed E-state index contributed by atoms with van der Waals surface area (Å²) < 4.78 is 0. The Hall–Kier alpha value is -4.19. The van der Waals surface area contributed by atoms with E-state index in [0.29, 0.717) is 49.3 Å². The second kappa shape index (κ2) is 11.2. The Kier molecular flexibility index (Phi) is 7.14. The third kappa shape index (κ3) is 5.15. The van der Waals surface area contributed by atoms with Crippen molar-refractivity contribution in [3.63, 3.8) is 0 Å². The molecule has 2 aromatic heterocycles. The molecule has 6 heterocycles. The zero-order valence-electron chi connectivity index (χ0n) is 23.6. The zero-order chi connectivity index (χ0) is 28.6. The third-order valence-electron chi connectivity index (χ3n) is 9.38. The first-order valence-electron chi connectivity index (χ1n) is 15.0. The van der Waals surface area contributed by atoms with E-state index in [4.69, 9.17) is 4.98 Å². The van der Waals surface area contributed by atoms with Gasteiger partial charge in [-0.15, -0.1) is 10.2 Å². The molecule has 220 valence electrons. The Morgan fingerprint density at radius 3 is 2.21 bits per heavy atom. The van der Waals surface area contributed by atoms with Crippen molar-refractivity contribution in [1.29, 1.82) is 0 Å². The van der Waals surface area contributed by atoms with Crippen molar-refractivity contribution in [1.82, 2.24) is 25.1 Å². The van der Waals surface area contributed by atoms with Gasteiger partial charge < -0.3 is 30.2 Å². The lowest BCUT2D eigenvalue weighted by Crippen LogP contribution is -2.61. The van der Waals surface area contributed by atoms with Gasteiger partial charge in [0, 0.05) is 64.0 Å². The number of aromatic nitrogens is 4. The highest BCUT2D eigenvalue weighted by Crippen LogP contribution is 2.36. The summed E-state index contributed by atoms with van der Waals surface area (Å²) >= 11 is 0. The van der Waals surface area contributed by atoms with Crippen molar-refractivity contribution in [3.05, 3.63) is 42.7 Å². The average molecular weight is 572 g/mol. The number of rotatable bonds is 5. The van der Waals surface area contributed by atoms with E-state index in [1.165, 1.54) is 0 Å². The van der Waals surface area contributed by atoms with Gasteiger partial charge in [-0.3, -0.25) is 9.69 Å². The molecule has 0 spiro atoms. The predicted molar refractivity (Wildman–Crippen MR) is 160 cm³/mol. The van der Waals surface area contributed by atoms with E-state index in [2.05, 4.69) is 46.2 Å². The fourth-order valence-electron chi connectivity index (χ4n) is 6.92. The van der Waals surface area contributed by atoms with E-state index in [-0.39, 0.29) is 11.7 Å². The molecular formula is C30H37N9O3. The zero-order valence-corrected chi connectivity index (χ0v) is 23.6. The van der Waals surface area contributed by atoms with E-state index in [1.54, 1.807) is 6.07 Å². The fraction of sp³-hybridized carbons (Fsp3) is 0.500. The van der Waals surface area contributed by atoms with Gasteiger partial charge in [-0.2, -0.15) is 0 Å². The highest BCUT2D eigenvalue weighted by Gasteiger charge is 2.36. The summed E-state index contributed by atoms with van der Waals surface area (Å²) in [7, 11) is 0. The first-order valence-corrected chi connectivity index (χ1v) is 15.0. The lowest BCUT2D eigenvalue weighted by molar-refractivity contribution is -0.142. The van der Waals surface area contributed by atoms with Crippen LogP contribution in [0, 0.1) is 5.92 Å². The van der Waals surface area contributed by atoms with Crippen molar-refractivity contribution in [2.24, 2.45) is 5.92 Å². The van der Waals surface area contributed by atoms with Gasteiger partial charge in [0.2, 0.25) is 0 Å². The Bertz CT molecular complexity index is 1420. The number of carboxylic acid groups (broad SMARTS) is 1. The molecule has 7 rings (SSSR count). The summed E-state index contributed by atoms with van der Waals surface area (Å²) in [6.45, 7) is 7.08. The molecule has 0 radical (unpaired) electrons. The van der Waals surface area contributed by atoms with Crippen LogP contribution in [0.3, 0.4) is 0 Å². The Morgan fingerprint density at radius 1 is 0.857 bits per heavy atom. The lowest BCUT2D eigenvalue weighted by Gasteiger charge is -2.49. The number of aromatic hydroxyl groups is 1. The van der Waals surface area contributed by atoms with Crippen LogP contribution in [-0.4, -0.2) is 106 Å². The number of carbonyl (C=O) groups is 1. The molecule has 42 heavy (non-hydrogen) atoms. The largest absolute Gasteiger partial charge is 0.507 e. The molecule has 12 heteroatoms. The van der Waals surface area contributed by atoms with Gasteiger partial charge in [0.15, 0.2) is 5.82 Å². The average Bonchev–Trinajstić information content (AvgIpc) is 3.04. The molecule has 0 saturated carbocycles. The first-order chi connectivity index (χ1) is 20.5. The number of piperidine rings is 2. The fourth-order valence-corrected chi connectivity index (χ4v) is 6.92. The van der Waals surface area contributed by atoms with E-state index in [0.717, 1.165) is 75.3 Å². The number of carboxylic acids is 1. The van der Waals surface area contributed by atoms with Crippen molar-refractivity contribution in [2.75, 3.05) is 72.4 Å². The van der Waals surface area contributed by atoms with Crippen molar-refractivity contribution in [2.45, 2.75) is 37.8 Å². The number of phenols is 1. The number of para-hydroxylation sites is 1. The van der Waals surface area contributed by atoms with Gasteiger partial charge in [-0.1, -0.05) is 12.1 Å². The summed E-state index contributed by atoms with van der Waals surface area (Å²) in [5.41, 5.74) is 2.44. The molecule has 3 N–H and O–H groups in total. The number of anilines is 4. The molecule has 4 aliphatic heterocycles. The lowest BCUT2D eigenvalue weighted by atomic mass is 9.97. The van der Waals surface area contributed by atoms with Crippen LogP contribution in [0.2, 0.25) is 0 Å². The SMILES string of the molecule is O=C(O)C1CCN(c2cnc(N3CCC(N4CCN5c6cc(-c7ccccc7O)nnc6NC[C@H]5C4)CC3)cn2)CC1. The molecular weight excluding hydrogens is 534 g/mol. The van der Waals surface area contributed by atoms with Crippen LogP contribution < -0.4 is 20.0 Å². The summed E-state index contributed by atoms with van der Waals surface area (Å²) in [6, 6.07) is 10.2. The molecule has 0 amide bonds. The third-order valence-corrected chi connectivity index (χ3v) is 9.38. The molecule has 3 fully saturated rings. The minimum Gasteiger partial charge on any atom is -0.507 e. The highest BCUT2D eigenvalue weighted by atomic mass is 16.4. The van der Waals surface area contributed by atoms with Crippen LogP contribution in [0.5, 0.6) is 5.75 Å². The van der Waals surface area contributed by atoms with Gasteiger partial charge in [-0.05, 0) is 43.9 Å². The second-order valence-corrected chi connectivity index (χ2v) is 11.8. The number of hydrogen-bond donors (Lipinski definition) is 3. The second-order valence-electron chi connectivity index (χ2n) is 11.8. The van der Waals surface area contributed by atoms with Crippen LogP contribution in [0.25, 0.3) is 11.3 Å². The van der Waals surface area contributed by atoms with E-state index < -0.39 is 5.97 Å². The first kappa shape index (κ1) is 26.7. The smallest absolute Gasteiger partial charge is 0.306 e. The number of nitrogens with one attached hydrogen (secondary N) is 1. The molecule has 3 aromatic rings. The van der Waals surface area contributed by atoms with Crippen molar-refractivity contribution in [3.8, 4) is 17.0 Å². The molecule has 0 aliphatic carbocycles. The number of hydrogen-bond acceptors (Lipinski definition) is 11. The van der Waals surface area contributed by atoms with Crippen LogP contribution in [0.1, 0.15) is 25.7 Å². The molecule has 12 nitrogen and oxygen atoms in total. The Morgan fingerprint density at radius 2 is 1.55 bits per heavy atom. The maximum Gasteiger partial charge on any atom is 0.306 e. The normalized spacial score (nSPS) is 21.9. The maximum atomic E-state index is 11.2. The standard InChI is InChI=1S/C30H37N9O3/c40-26-4-2-1-3-23(26)24-15-25-29(35-34-24)33-16-22-19-38(13-14-39(22)25)21-7-11-37(12-8-21)28-18-31-27(17-32-28)36-9-5-20(6-10-36)30(41)42/h1-4,15,17-18,20-22,40H,5-14,16,19H2,(H,33,35)(H,41,42)/t22-/m0/s1.